The molecule has 2 rings (SSSR count). The fourth-order valence-electron chi connectivity index (χ4n) is 1.61. The van der Waals surface area contributed by atoms with E-state index in [1.807, 2.05) is 6.20 Å². The second kappa shape index (κ2) is 4.38. The summed E-state index contributed by atoms with van der Waals surface area (Å²) in [5.74, 6) is 6.39. The third-order valence-corrected chi connectivity index (χ3v) is 3.03. The molecule has 3 N–H and O–H groups in total. The first kappa shape index (κ1) is 10.1. The van der Waals surface area contributed by atoms with Crippen LogP contribution in [0.15, 0.2) is 22.9 Å². The van der Waals surface area contributed by atoms with Crippen LogP contribution >= 0.6 is 15.9 Å². The number of hydrogen-bond acceptors (Lipinski definition) is 3. The molecule has 1 aliphatic rings. The zero-order valence-electron chi connectivity index (χ0n) is 7.91. The van der Waals surface area contributed by atoms with E-state index in [4.69, 9.17) is 5.84 Å². The maximum Gasteiger partial charge on any atom is 0.0478 e. The van der Waals surface area contributed by atoms with E-state index < -0.39 is 0 Å². The second-order valence-electron chi connectivity index (χ2n) is 3.83. The average molecular weight is 256 g/mol. The number of rotatable bonds is 4. The first-order valence-electron chi connectivity index (χ1n) is 4.86. The minimum absolute atomic E-state index is 0.243. The quantitative estimate of drug-likeness (QED) is 0.641. The molecular weight excluding hydrogens is 242 g/mol. The van der Waals surface area contributed by atoms with E-state index in [-0.39, 0.29) is 6.04 Å². The van der Waals surface area contributed by atoms with E-state index in [0.29, 0.717) is 0 Å². The van der Waals surface area contributed by atoms with Crippen LogP contribution in [0.5, 0.6) is 0 Å². The molecule has 0 saturated heterocycles. The van der Waals surface area contributed by atoms with Crippen LogP contribution in [0.1, 0.15) is 30.9 Å². The lowest BCUT2D eigenvalue weighted by molar-refractivity contribution is 0.486. The topological polar surface area (TPSA) is 50.9 Å². The third kappa shape index (κ3) is 2.53. The minimum Gasteiger partial charge on any atom is -0.271 e. The van der Waals surface area contributed by atoms with E-state index in [1.165, 1.54) is 12.8 Å². The smallest absolute Gasteiger partial charge is 0.0478 e. The van der Waals surface area contributed by atoms with Crippen LogP contribution < -0.4 is 11.3 Å². The van der Waals surface area contributed by atoms with Crippen molar-refractivity contribution in [1.82, 2.24) is 10.4 Å². The second-order valence-corrected chi connectivity index (χ2v) is 4.75. The predicted molar refractivity (Wildman–Crippen MR) is 59.3 cm³/mol. The first-order valence-corrected chi connectivity index (χ1v) is 5.65. The Kier molecular flexibility index (Phi) is 3.15. The van der Waals surface area contributed by atoms with Gasteiger partial charge in [0, 0.05) is 22.9 Å². The van der Waals surface area contributed by atoms with Gasteiger partial charge in [0.25, 0.3) is 0 Å². The number of nitrogens with zero attached hydrogens (tertiary/aromatic N) is 1. The molecule has 0 radical (unpaired) electrons. The van der Waals surface area contributed by atoms with Gasteiger partial charge in [-0.1, -0.05) is 12.8 Å². The molecule has 1 saturated carbocycles. The molecule has 3 nitrogen and oxygen atoms in total. The van der Waals surface area contributed by atoms with Crippen molar-refractivity contribution in [3.8, 4) is 0 Å². The summed E-state index contributed by atoms with van der Waals surface area (Å²) < 4.78 is 1.01. The Labute approximate surface area is 92.2 Å². The molecule has 0 spiro atoms. The number of pyridine rings is 1. The van der Waals surface area contributed by atoms with Crippen LogP contribution in [-0.2, 0) is 0 Å². The maximum atomic E-state index is 5.54. The van der Waals surface area contributed by atoms with Crippen LogP contribution in [0, 0.1) is 5.92 Å². The van der Waals surface area contributed by atoms with Gasteiger partial charge in [-0.25, -0.2) is 0 Å². The van der Waals surface area contributed by atoms with Crippen molar-refractivity contribution in [1.29, 1.82) is 0 Å². The number of aromatic nitrogens is 1. The Balaban J connectivity index is 2.08. The zero-order valence-corrected chi connectivity index (χ0v) is 9.50. The molecule has 4 heteroatoms. The highest BCUT2D eigenvalue weighted by Gasteiger charge is 2.25. The monoisotopic (exact) mass is 255 g/mol. The van der Waals surface area contributed by atoms with Crippen LogP contribution in [-0.4, -0.2) is 4.98 Å². The van der Waals surface area contributed by atoms with E-state index in [0.717, 1.165) is 22.4 Å². The normalized spacial score (nSPS) is 18.1. The van der Waals surface area contributed by atoms with Crippen LogP contribution in [0.25, 0.3) is 0 Å². The standard InChI is InChI=1S/C10H14BrN3/c11-9-4-8(5-13-6-9)10(14-12)3-7-1-2-7/h4-7,10,14H,1-3,12H2. The van der Waals surface area contributed by atoms with E-state index >= 15 is 0 Å². The summed E-state index contributed by atoms with van der Waals surface area (Å²) in [5.41, 5.74) is 4.02. The van der Waals surface area contributed by atoms with Crippen molar-refractivity contribution < 1.29 is 0 Å². The molecule has 1 unspecified atom stereocenters. The molecule has 1 heterocycles. The van der Waals surface area contributed by atoms with Gasteiger partial charge in [0.1, 0.15) is 0 Å². The first-order chi connectivity index (χ1) is 6.79. The van der Waals surface area contributed by atoms with Crippen molar-refractivity contribution in [2.45, 2.75) is 25.3 Å². The van der Waals surface area contributed by atoms with Crippen LogP contribution in [0.3, 0.4) is 0 Å². The van der Waals surface area contributed by atoms with Gasteiger partial charge in [-0.2, -0.15) is 0 Å². The summed E-state index contributed by atoms with van der Waals surface area (Å²) in [5, 5.41) is 0. The van der Waals surface area contributed by atoms with Gasteiger partial charge in [-0.3, -0.25) is 16.3 Å². The summed E-state index contributed by atoms with van der Waals surface area (Å²) in [7, 11) is 0. The number of halogens is 1. The summed E-state index contributed by atoms with van der Waals surface area (Å²) in [4.78, 5) is 4.14. The number of nitrogens with two attached hydrogens (primary N) is 1. The highest BCUT2D eigenvalue weighted by atomic mass is 79.9. The maximum absolute atomic E-state index is 5.54. The summed E-state index contributed by atoms with van der Waals surface area (Å²) >= 11 is 3.41. The lowest BCUT2D eigenvalue weighted by Gasteiger charge is -2.15. The van der Waals surface area contributed by atoms with Crippen molar-refractivity contribution in [3.05, 3.63) is 28.5 Å². The molecule has 1 aliphatic carbocycles. The van der Waals surface area contributed by atoms with Crippen LogP contribution in [0.2, 0.25) is 0 Å². The van der Waals surface area contributed by atoms with Gasteiger partial charge in [0.15, 0.2) is 0 Å². The average Bonchev–Trinajstić information content (AvgIpc) is 2.98. The summed E-state index contributed by atoms with van der Waals surface area (Å²) in [6.07, 6.45) is 7.47. The summed E-state index contributed by atoms with van der Waals surface area (Å²) in [6, 6.07) is 2.31. The largest absolute Gasteiger partial charge is 0.271 e. The molecule has 0 aromatic carbocycles. The van der Waals surface area contributed by atoms with Crippen molar-refractivity contribution >= 4 is 15.9 Å². The molecule has 0 bridgehead atoms. The highest BCUT2D eigenvalue weighted by Crippen LogP contribution is 2.37. The number of nitrogens with one attached hydrogen (secondary N) is 1. The molecule has 0 aliphatic heterocycles. The van der Waals surface area contributed by atoms with Crippen molar-refractivity contribution in [2.24, 2.45) is 11.8 Å². The van der Waals surface area contributed by atoms with Crippen molar-refractivity contribution in [3.63, 3.8) is 0 Å². The Morgan fingerprint density at radius 1 is 1.57 bits per heavy atom. The number of hydrazine groups is 1. The van der Waals surface area contributed by atoms with Gasteiger partial charge >= 0.3 is 0 Å². The Bertz CT molecular complexity index is 312. The van der Waals surface area contributed by atoms with Gasteiger partial charge in [0.2, 0.25) is 0 Å². The van der Waals surface area contributed by atoms with Gasteiger partial charge in [0.05, 0.1) is 0 Å². The molecule has 14 heavy (non-hydrogen) atoms. The fraction of sp³-hybridized carbons (Fsp3) is 0.500. The molecule has 1 fully saturated rings. The molecule has 1 aromatic heterocycles. The van der Waals surface area contributed by atoms with Gasteiger partial charge in [-0.05, 0) is 39.9 Å². The Hall–Kier alpha value is -0.450. The highest BCUT2D eigenvalue weighted by molar-refractivity contribution is 9.10. The van der Waals surface area contributed by atoms with Gasteiger partial charge in [-0.15, -0.1) is 0 Å². The van der Waals surface area contributed by atoms with Crippen molar-refractivity contribution in [2.75, 3.05) is 0 Å². The summed E-state index contributed by atoms with van der Waals surface area (Å²) in [6.45, 7) is 0. The Morgan fingerprint density at radius 2 is 2.36 bits per heavy atom. The minimum atomic E-state index is 0.243. The van der Waals surface area contributed by atoms with E-state index in [9.17, 15) is 0 Å². The SMILES string of the molecule is NNC(CC1CC1)c1cncc(Br)c1. The molecule has 76 valence electrons. The van der Waals surface area contributed by atoms with Gasteiger partial charge < -0.3 is 0 Å². The fourth-order valence-corrected chi connectivity index (χ4v) is 1.99. The molecule has 1 atom stereocenters. The lowest BCUT2D eigenvalue weighted by atomic mass is 10.0. The number of hydrogen-bond donors (Lipinski definition) is 2. The predicted octanol–water partition coefficient (Wildman–Crippen LogP) is 2.15. The van der Waals surface area contributed by atoms with Crippen LogP contribution in [0.4, 0.5) is 0 Å². The molecular formula is C10H14BrN3. The Morgan fingerprint density at radius 3 is 2.93 bits per heavy atom. The molecule has 1 aromatic rings. The molecule has 0 amide bonds. The zero-order chi connectivity index (χ0) is 9.97. The van der Waals surface area contributed by atoms with E-state index in [1.54, 1.807) is 6.20 Å². The third-order valence-electron chi connectivity index (χ3n) is 2.60. The van der Waals surface area contributed by atoms with E-state index in [2.05, 4.69) is 32.4 Å². The lowest BCUT2D eigenvalue weighted by Crippen LogP contribution is -2.28.